The van der Waals surface area contributed by atoms with Crippen molar-refractivity contribution >= 4 is 29.3 Å². The first kappa shape index (κ1) is 19.3. The Bertz CT molecular complexity index is 735. The summed E-state index contributed by atoms with van der Waals surface area (Å²) in [6.45, 7) is 5.03. The van der Waals surface area contributed by atoms with Crippen molar-refractivity contribution in [3.8, 4) is 11.3 Å². The van der Waals surface area contributed by atoms with Gasteiger partial charge in [-0.15, -0.1) is 11.8 Å². The average molecular weight is 394 g/mol. The molecule has 0 bridgehead atoms. The van der Waals surface area contributed by atoms with Crippen LogP contribution in [0.5, 0.6) is 0 Å². The maximum Gasteiger partial charge on any atom is 0.233 e. The molecule has 0 radical (unpaired) electrons. The molecule has 140 valence electrons. The molecule has 1 aromatic carbocycles. The fourth-order valence-corrected chi connectivity index (χ4v) is 3.85. The lowest BCUT2D eigenvalue weighted by molar-refractivity contribution is -0.121. The molecule has 1 aliphatic rings. The summed E-state index contributed by atoms with van der Waals surface area (Å²) in [5, 5.41) is 7.09. The predicted molar refractivity (Wildman–Crippen MR) is 106 cm³/mol. The second-order valence-corrected chi connectivity index (χ2v) is 8.43. The van der Waals surface area contributed by atoms with Gasteiger partial charge >= 0.3 is 0 Å². The second-order valence-electron chi connectivity index (χ2n) is 6.66. The fraction of sp³-hybridized carbons (Fsp3) is 0.474. The minimum Gasteiger partial charge on any atom is -0.440 e. The summed E-state index contributed by atoms with van der Waals surface area (Å²) in [6.07, 6.45) is 3.67. The maximum atomic E-state index is 12.4. The van der Waals surface area contributed by atoms with E-state index >= 15 is 0 Å². The molecule has 2 heterocycles. The monoisotopic (exact) mass is 393 g/mol. The quantitative estimate of drug-likeness (QED) is 0.779. The molecule has 0 saturated carbocycles. The summed E-state index contributed by atoms with van der Waals surface area (Å²) < 4.78 is 5.79. The molecular weight excluding hydrogens is 370 g/mol. The van der Waals surface area contributed by atoms with Crippen molar-refractivity contribution < 1.29 is 9.21 Å². The van der Waals surface area contributed by atoms with Crippen LogP contribution in [0.15, 0.2) is 34.9 Å². The summed E-state index contributed by atoms with van der Waals surface area (Å²) in [4.78, 5) is 16.7. The molecule has 1 saturated heterocycles. The molecule has 5 nitrogen and oxygen atoms in total. The standard InChI is InChI=1S/C19H24ClN3O2S/c1-12-9-16(7-8-21-12)23-19(24)13(2)26-11-18-22-10-17(25-18)14-3-5-15(20)6-4-14/h3-6,10,12-13,16,21H,7-9,11H2,1-2H3,(H,23,24). The topological polar surface area (TPSA) is 67.2 Å². The molecule has 0 spiro atoms. The lowest BCUT2D eigenvalue weighted by Gasteiger charge is -2.29. The smallest absolute Gasteiger partial charge is 0.233 e. The van der Waals surface area contributed by atoms with Crippen LogP contribution in [-0.2, 0) is 10.5 Å². The Balaban J connectivity index is 1.49. The SMILES string of the molecule is CC1CC(NC(=O)C(C)SCc2ncc(-c3ccc(Cl)cc3)o2)CCN1. The number of benzene rings is 1. The van der Waals surface area contributed by atoms with E-state index in [0.717, 1.165) is 24.9 Å². The van der Waals surface area contributed by atoms with Crippen LogP contribution in [0.4, 0.5) is 0 Å². The first-order chi connectivity index (χ1) is 12.5. The van der Waals surface area contributed by atoms with Gasteiger partial charge in [0.15, 0.2) is 5.76 Å². The molecule has 3 unspecified atom stereocenters. The van der Waals surface area contributed by atoms with Crippen molar-refractivity contribution in [2.45, 2.75) is 49.8 Å². The lowest BCUT2D eigenvalue weighted by Crippen LogP contribution is -2.48. The normalized spacial score (nSPS) is 21.3. The van der Waals surface area contributed by atoms with Gasteiger partial charge in [0, 0.05) is 22.7 Å². The molecule has 7 heteroatoms. The number of carbonyl (C=O) groups is 1. The van der Waals surface area contributed by atoms with E-state index in [1.54, 1.807) is 6.20 Å². The number of rotatable bonds is 6. The fourth-order valence-electron chi connectivity index (χ4n) is 2.98. The van der Waals surface area contributed by atoms with E-state index < -0.39 is 0 Å². The molecule has 0 aliphatic carbocycles. The molecule has 3 atom stereocenters. The van der Waals surface area contributed by atoms with Gasteiger partial charge in [0.05, 0.1) is 17.2 Å². The first-order valence-corrected chi connectivity index (χ1v) is 10.3. The Morgan fingerprint density at radius 3 is 2.96 bits per heavy atom. The first-order valence-electron chi connectivity index (χ1n) is 8.87. The van der Waals surface area contributed by atoms with Crippen molar-refractivity contribution in [3.63, 3.8) is 0 Å². The van der Waals surface area contributed by atoms with Gasteiger partial charge in [-0.2, -0.15) is 0 Å². The maximum absolute atomic E-state index is 12.4. The second kappa shape index (κ2) is 8.93. The Morgan fingerprint density at radius 2 is 2.23 bits per heavy atom. The zero-order valence-corrected chi connectivity index (χ0v) is 16.6. The van der Waals surface area contributed by atoms with Gasteiger partial charge in [-0.05, 0) is 57.5 Å². The number of hydrogen-bond acceptors (Lipinski definition) is 5. The molecule has 1 fully saturated rings. The number of amides is 1. The average Bonchev–Trinajstić information content (AvgIpc) is 3.09. The van der Waals surface area contributed by atoms with E-state index in [1.807, 2.05) is 31.2 Å². The third-order valence-electron chi connectivity index (χ3n) is 4.48. The van der Waals surface area contributed by atoms with E-state index in [9.17, 15) is 4.79 Å². The van der Waals surface area contributed by atoms with Gasteiger partial charge in [-0.1, -0.05) is 11.6 Å². The van der Waals surface area contributed by atoms with Crippen LogP contribution >= 0.6 is 23.4 Å². The van der Waals surface area contributed by atoms with E-state index in [-0.39, 0.29) is 17.2 Å². The zero-order chi connectivity index (χ0) is 18.5. The van der Waals surface area contributed by atoms with Crippen molar-refractivity contribution in [2.75, 3.05) is 6.54 Å². The summed E-state index contributed by atoms with van der Waals surface area (Å²) >= 11 is 7.44. The number of carbonyl (C=O) groups excluding carboxylic acids is 1. The van der Waals surface area contributed by atoms with Gasteiger partial charge in [-0.3, -0.25) is 4.79 Å². The molecule has 1 aliphatic heterocycles. The largest absolute Gasteiger partial charge is 0.440 e. The number of nitrogens with zero attached hydrogens (tertiary/aromatic N) is 1. The van der Waals surface area contributed by atoms with Crippen molar-refractivity contribution in [3.05, 3.63) is 41.4 Å². The summed E-state index contributed by atoms with van der Waals surface area (Å²) in [5.74, 6) is 1.97. The minimum atomic E-state index is -0.147. The van der Waals surface area contributed by atoms with Gasteiger partial charge in [0.25, 0.3) is 0 Å². The van der Waals surface area contributed by atoms with Crippen LogP contribution in [0.25, 0.3) is 11.3 Å². The zero-order valence-electron chi connectivity index (χ0n) is 15.0. The number of piperidine rings is 1. The number of hydrogen-bond donors (Lipinski definition) is 2. The molecule has 26 heavy (non-hydrogen) atoms. The van der Waals surface area contributed by atoms with Gasteiger partial charge in [-0.25, -0.2) is 4.98 Å². The van der Waals surface area contributed by atoms with E-state index in [2.05, 4.69) is 22.5 Å². The van der Waals surface area contributed by atoms with Crippen LogP contribution in [0, 0.1) is 0 Å². The Hall–Kier alpha value is -1.50. The van der Waals surface area contributed by atoms with Crippen LogP contribution in [0.3, 0.4) is 0 Å². The number of thioether (sulfide) groups is 1. The number of nitrogens with one attached hydrogen (secondary N) is 2. The van der Waals surface area contributed by atoms with Crippen molar-refractivity contribution in [1.82, 2.24) is 15.6 Å². The van der Waals surface area contributed by atoms with Gasteiger partial charge < -0.3 is 15.1 Å². The summed E-state index contributed by atoms with van der Waals surface area (Å²) in [5.41, 5.74) is 0.934. The molecule has 2 aromatic rings. The molecule has 3 rings (SSSR count). The van der Waals surface area contributed by atoms with Crippen LogP contribution in [-0.4, -0.2) is 34.8 Å². The van der Waals surface area contributed by atoms with Gasteiger partial charge in [0.1, 0.15) is 0 Å². The van der Waals surface area contributed by atoms with E-state index in [4.69, 9.17) is 16.0 Å². The highest BCUT2D eigenvalue weighted by Crippen LogP contribution is 2.25. The highest BCUT2D eigenvalue weighted by atomic mass is 35.5. The molecule has 1 amide bonds. The lowest BCUT2D eigenvalue weighted by atomic mass is 10.0. The predicted octanol–water partition coefficient (Wildman–Crippen LogP) is 3.87. The highest BCUT2D eigenvalue weighted by molar-refractivity contribution is 7.99. The van der Waals surface area contributed by atoms with Crippen LogP contribution < -0.4 is 10.6 Å². The number of oxazole rings is 1. The Labute approximate surface area is 163 Å². The minimum absolute atomic E-state index is 0.0820. The van der Waals surface area contributed by atoms with Gasteiger partial charge in [0.2, 0.25) is 11.8 Å². The van der Waals surface area contributed by atoms with E-state index in [0.29, 0.717) is 28.5 Å². The van der Waals surface area contributed by atoms with Crippen LogP contribution in [0.1, 0.15) is 32.6 Å². The third kappa shape index (κ3) is 5.25. The molecule has 2 N–H and O–H groups in total. The van der Waals surface area contributed by atoms with Crippen molar-refractivity contribution in [2.24, 2.45) is 0 Å². The number of aromatic nitrogens is 1. The summed E-state index contributed by atoms with van der Waals surface area (Å²) in [6, 6.07) is 8.16. The molecular formula is C19H24ClN3O2S. The highest BCUT2D eigenvalue weighted by Gasteiger charge is 2.23. The Kier molecular flexibility index (Phi) is 6.62. The third-order valence-corrected chi connectivity index (χ3v) is 5.86. The van der Waals surface area contributed by atoms with E-state index in [1.165, 1.54) is 11.8 Å². The summed E-state index contributed by atoms with van der Waals surface area (Å²) in [7, 11) is 0. The van der Waals surface area contributed by atoms with Crippen molar-refractivity contribution in [1.29, 1.82) is 0 Å². The van der Waals surface area contributed by atoms with Crippen LogP contribution in [0.2, 0.25) is 5.02 Å². The molecule has 1 aromatic heterocycles. The number of halogens is 1. The Morgan fingerprint density at radius 1 is 1.46 bits per heavy atom.